The maximum atomic E-state index is 12.8. The molecule has 0 aliphatic carbocycles. The topological polar surface area (TPSA) is 77.4 Å². The first kappa shape index (κ1) is 22.3. The summed E-state index contributed by atoms with van der Waals surface area (Å²) in [6.45, 7) is 0.775. The summed E-state index contributed by atoms with van der Waals surface area (Å²) in [4.78, 5) is 12.6. The molecule has 1 heterocycles. The highest BCUT2D eigenvalue weighted by molar-refractivity contribution is 7.89. The average molecular weight is 469 g/mol. The van der Waals surface area contributed by atoms with Crippen LogP contribution in [0.1, 0.15) is 17.5 Å². The van der Waals surface area contributed by atoms with Gasteiger partial charge in [0.05, 0.1) is 28.8 Å². The Kier molecular flexibility index (Phi) is 6.74. The Labute approximate surface area is 191 Å². The molecule has 0 saturated heterocycles. The van der Waals surface area contributed by atoms with Crippen LogP contribution in [0.15, 0.2) is 82.5 Å². The Morgan fingerprint density at radius 1 is 0.969 bits per heavy atom. The van der Waals surface area contributed by atoms with Crippen molar-refractivity contribution in [1.82, 2.24) is 9.29 Å². The van der Waals surface area contributed by atoms with Crippen LogP contribution >= 0.6 is 11.3 Å². The van der Waals surface area contributed by atoms with Crippen molar-refractivity contribution in [2.75, 3.05) is 13.7 Å². The lowest BCUT2D eigenvalue weighted by molar-refractivity contribution is 0.414. The number of nitrogens with one attached hydrogen (secondary N) is 1. The van der Waals surface area contributed by atoms with E-state index >= 15 is 0 Å². The van der Waals surface area contributed by atoms with Gasteiger partial charge in [0.15, 0.2) is 0 Å². The molecule has 0 unspecified atom stereocenters. The van der Waals surface area contributed by atoms with Crippen molar-refractivity contribution in [3.63, 3.8) is 0 Å². The Balaban J connectivity index is 1.44. The molecule has 8 heteroatoms. The molecule has 32 heavy (non-hydrogen) atoms. The van der Waals surface area contributed by atoms with E-state index < -0.39 is 10.0 Å². The van der Waals surface area contributed by atoms with Gasteiger partial charge in [-0.2, -0.15) is 0 Å². The van der Waals surface area contributed by atoms with Crippen molar-refractivity contribution in [3.05, 3.63) is 93.6 Å². The normalized spacial score (nSPS) is 11.7. The largest absolute Gasteiger partial charge is 0.497 e. The molecule has 1 N–H and O–H groups in total. The minimum atomic E-state index is -3.66. The van der Waals surface area contributed by atoms with Gasteiger partial charge in [-0.05, 0) is 54.3 Å². The highest BCUT2D eigenvalue weighted by atomic mass is 32.2. The molecule has 0 amide bonds. The second-order valence-electron chi connectivity index (χ2n) is 7.42. The molecule has 1 aromatic heterocycles. The number of sulfonamides is 1. The third-order valence-corrected chi connectivity index (χ3v) is 7.60. The highest BCUT2D eigenvalue weighted by Gasteiger charge is 2.16. The van der Waals surface area contributed by atoms with Crippen LogP contribution in [-0.2, 0) is 23.0 Å². The van der Waals surface area contributed by atoms with Crippen LogP contribution < -0.4 is 14.3 Å². The molecular formula is C24H24N2O4S2. The Morgan fingerprint density at radius 2 is 1.75 bits per heavy atom. The van der Waals surface area contributed by atoms with Crippen LogP contribution in [0.4, 0.5) is 0 Å². The van der Waals surface area contributed by atoms with E-state index in [-0.39, 0.29) is 9.77 Å². The minimum absolute atomic E-state index is 0.107. The van der Waals surface area contributed by atoms with Crippen LogP contribution in [-0.4, -0.2) is 26.6 Å². The van der Waals surface area contributed by atoms with E-state index in [9.17, 15) is 13.2 Å². The van der Waals surface area contributed by atoms with Gasteiger partial charge in [-0.3, -0.25) is 9.36 Å². The lowest BCUT2D eigenvalue weighted by Gasteiger charge is -2.08. The molecule has 0 fully saturated rings. The molecular weight excluding hydrogens is 444 g/mol. The molecule has 0 aliphatic heterocycles. The zero-order chi connectivity index (χ0) is 22.6. The summed E-state index contributed by atoms with van der Waals surface area (Å²) >= 11 is 1.06. The Hall–Kier alpha value is -2.94. The van der Waals surface area contributed by atoms with Crippen LogP contribution in [0.3, 0.4) is 0 Å². The van der Waals surface area contributed by atoms with E-state index in [4.69, 9.17) is 4.74 Å². The molecule has 0 spiro atoms. The average Bonchev–Trinajstić information content (AvgIpc) is 3.12. The van der Waals surface area contributed by atoms with Gasteiger partial charge in [-0.15, -0.1) is 0 Å². The van der Waals surface area contributed by atoms with Crippen molar-refractivity contribution in [3.8, 4) is 5.75 Å². The third-order valence-electron chi connectivity index (χ3n) is 5.20. The zero-order valence-corrected chi connectivity index (χ0v) is 19.3. The molecule has 3 aromatic carbocycles. The van der Waals surface area contributed by atoms with Gasteiger partial charge < -0.3 is 4.74 Å². The molecule has 6 nitrogen and oxygen atoms in total. The number of benzene rings is 3. The minimum Gasteiger partial charge on any atom is -0.497 e. The summed E-state index contributed by atoms with van der Waals surface area (Å²) in [5, 5.41) is 0. The van der Waals surface area contributed by atoms with Gasteiger partial charge >= 0.3 is 4.87 Å². The van der Waals surface area contributed by atoms with E-state index in [0.717, 1.165) is 40.2 Å². The van der Waals surface area contributed by atoms with Crippen molar-refractivity contribution in [2.45, 2.75) is 24.3 Å². The molecule has 0 radical (unpaired) electrons. The first-order valence-corrected chi connectivity index (χ1v) is 12.6. The number of methoxy groups -OCH3 is 1. The first-order chi connectivity index (χ1) is 15.5. The van der Waals surface area contributed by atoms with Crippen LogP contribution in [0, 0.1) is 0 Å². The molecule has 0 aliphatic rings. The first-order valence-electron chi connectivity index (χ1n) is 10.3. The second kappa shape index (κ2) is 9.68. The number of aromatic nitrogens is 1. The maximum Gasteiger partial charge on any atom is 0.308 e. The van der Waals surface area contributed by atoms with Crippen molar-refractivity contribution < 1.29 is 13.2 Å². The summed E-state index contributed by atoms with van der Waals surface area (Å²) in [7, 11) is -2.04. The Morgan fingerprint density at radius 3 is 2.53 bits per heavy atom. The summed E-state index contributed by atoms with van der Waals surface area (Å²) in [6.07, 6.45) is 1.40. The molecule has 4 rings (SSSR count). The van der Waals surface area contributed by atoms with Gasteiger partial charge in [-0.25, -0.2) is 13.1 Å². The van der Waals surface area contributed by atoms with Crippen LogP contribution in [0.5, 0.6) is 5.75 Å². The number of nitrogens with zero attached hydrogens (tertiary/aromatic N) is 1. The summed E-state index contributed by atoms with van der Waals surface area (Å²) in [5.74, 6) is 0.787. The summed E-state index contributed by atoms with van der Waals surface area (Å²) in [5.41, 5.74) is 2.85. The van der Waals surface area contributed by atoms with Gasteiger partial charge in [0.2, 0.25) is 10.0 Å². The number of aryl methyl sites for hydroxylation is 1. The van der Waals surface area contributed by atoms with Crippen molar-refractivity contribution in [2.24, 2.45) is 0 Å². The smallest absolute Gasteiger partial charge is 0.308 e. The number of thiazole rings is 1. The number of fused-ring (bicyclic) bond motifs is 1. The van der Waals surface area contributed by atoms with E-state index in [1.807, 2.05) is 54.6 Å². The van der Waals surface area contributed by atoms with Gasteiger partial charge in [0.25, 0.3) is 0 Å². The van der Waals surface area contributed by atoms with Crippen LogP contribution in [0.25, 0.3) is 10.2 Å². The molecule has 166 valence electrons. The number of ether oxygens (including phenoxy) is 1. The predicted molar refractivity (Wildman–Crippen MR) is 128 cm³/mol. The summed E-state index contributed by atoms with van der Waals surface area (Å²) < 4.78 is 35.7. The number of hydrogen-bond acceptors (Lipinski definition) is 5. The van der Waals surface area contributed by atoms with Gasteiger partial charge in [0.1, 0.15) is 5.75 Å². The number of hydrogen-bond donors (Lipinski definition) is 1. The van der Waals surface area contributed by atoms with Crippen molar-refractivity contribution in [1.29, 1.82) is 0 Å². The van der Waals surface area contributed by atoms with E-state index in [2.05, 4.69) is 4.72 Å². The molecule has 4 aromatic rings. The number of rotatable bonds is 9. The quantitative estimate of drug-likeness (QED) is 0.376. The molecule has 0 bridgehead atoms. The van der Waals surface area contributed by atoms with E-state index in [1.54, 1.807) is 29.9 Å². The molecule has 0 saturated carbocycles. The zero-order valence-electron chi connectivity index (χ0n) is 17.7. The Bertz CT molecular complexity index is 1380. The fourth-order valence-corrected chi connectivity index (χ4v) is 5.64. The standard InChI is InChI=1S/C24H24N2O4S2/c1-30-20-11-5-9-18(15-20)10-6-14-25-32(28,29)21-12-13-22-23(16-21)31-24(27)26(22)17-19-7-3-2-4-8-19/h2-5,7-9,11-13,15-16,25H,6,10,14,17H2,1H3. The predicted octanol–water partition coefficient (Wildman–Crippen LogP) is 4.03. The SMILES string of the molecule is COc1cccc(CCCNS(=O)(=O)c2ccc3c(c2)sc(=O)n3Cc2ccccc2)c1. The van der Waals surface area contributed by atoms with Crippen LogP contribution in [0.2, 0.25) is 0 Å². The second-order valence-corrected chi connectivity index (χ2v) is 10.2. The maximum absolute atomic E-state index is 12.8. The third kappa shape index (κ3) is 5.09. The fraction of sp³-hybridized carbons (Fsp3) is 0.208. The lowest BCUT2D eigenvalue weighted by atomic mass is 10.1. The van der Waals surface area contributed by atoms with Gasteiger partial charge in [-0.1, -0.05) is 53.8 Å². The van der Waals surface area contributed by atoms with Gasteiger partial charge in [0, 0.05) is 6.54 Å². The summed E-state index contributed by atoms with van der Waals surface area (Å²) in [6, 6.07) is 22.3. The fourth-order valence-electron chi connectivity index (χ4n) is 3.54. The van der Waals surface area contributed by atoms with Crippen molar-refractivity contribution >= 4 is 31.6 Å². The van der Waals surface area contributed by atoms with E-state index in [1.165, 1.54) is 0 Å². The monoisotopic (exact) mass is 468 g/mol. The highest BCUT2D eigenvalue weighted by Crippen LogP contribution is 2.22. The molecule has 0 atom stereocenters. The van der Waals surface area contributed by atoms with E-state index in [0.29, 0.717) is 24.2 Å². The lowest BCUT2D eigenvalue weighted by Crippen LogP contribution is -2.25.